The van der Waals surface area contributed by atoms with Crippen LogP contribution in [0, 0.1) is 0 Å². The van der Waals surface area contributed by atoms with Crippen molar-refractivity contribution in [3.8, 4) is 0 Å². The van der Waals surface area contributed by atoms with Crippen molar-refractivity contribution in [2.24, 2.45) is 0 Å². The largest absolute Gasteiger partial charge is 0.478 e. The Morgan fingerprint density at radius 1 is 1.17 bits per heavy atom. The van der Waals surface area contributed by atoms with E-state index < -0.39 is 11.9 Å². The van der Waals surface area contributed by atoms with Gasteiger partial charge >= 0.3 is 11.9 Å². The highest BCUT2D eigenvalue weighted by Crippen LogP contribution is 2.11. The van der Waals surface area contributed by atoms with Crippen molar-refractivity contribution in [1.29, 1.82) is 0 Å². The van der Waals surface area contributed by atoms with Gasteiger partial charge in [-0.1, -0.05) is 20.3 Å². The molecule has 0 aliphatic heterocycles. The first kappa shape index (κ1) is 14.2. The Hall–Kier alpha value is -1.84. The van der Waals surface area contributed by atoms with Crippen molar-refractivity contribution in [3.05, 3.63) is 35.4 Å². The lowest BCUT2D eigenvalue weighted by molar-refractivity contribution is 0.0271. The molecule has 0 heterocycles. The average Bonchev–Trinajstić information content (AvgIpc) is 2.38. The number of rotatable bonds is 6. The Kier molecular flexibility index (Phi) is 5.36. The van der Waals surface area contributed by atoms with Gasteiger partial charge in [0.05, 0.1) is 11.1 Å². The van der Waals surface area contributed by atoms with Gasteiger partial charge in [-0.05, 0) is 37.1 Å². The molecule has 1 N–H and O–H groups in total. The maximum Gasteiger partial charge on any atom is 0.338 e. The Labute approximate surface area is 107 Å². The number of carbonyl (C=O) groups is 2. The minimum Gasteiger partial charge on any atom is -0.478 e. The molecule has 0 bridgehead atoms. The fourth-order valence-electron chi connectivity index (χ4n) is 1.64. The van der Waals surface area contributed by atoms with Crippen LogP contribution in [-0.2, 0) is 4.74 Å². The number of hydrogen-bond acceptors (Lipinski definition) is 3. The third-order valence-corrected chi connectivity index (χ3v) is 2.71. The van der Waals surface area contributed by atoms with E-state index in [1.807, 2.05) is 13.8 Å². The Bertz CT molecular complexity index is 408. The summed E-state index contributed by atoms with van der Waals surface area (Å²) >= 11 is 0. The molecule has 1 aromatic rings. The number of carboxylic acids is 1. The number of hydrogen-bond donors (Lipinski definition) is 1. The fraction of sp³-hybridized carbons (Fsp3) is 0.429. The molecule has 0 fully saturated rings. The van der Waals surface area contributed by atoms with Crippen molar-refractivity contribution in [2.45, 2.75) is 39.2 Å². The smallest absolute Gasteiger partial charge is 0.338 e. The molecular weight excluding hydrogens is 232 g/mol. The van der Waals surface area contributed by atoms with E-state index in [1.54, 1.807) is 0 Å². The summed E-state index contributed by atoms with van der Waals surface area (Å²) in [5.74, 6) is -1.40. The van der Waals surface area contributed by atoms with Crippen molar-refractivity contribution in [3.63, 3.8) is 0 Å². The molecule has 0 radical (unpaired) electrons. The third kappa shape index (κ3) is 3.87. The maximum atomic E-state index is 11.8. The summed E-state index contributed by atoms with van der Waals surface area (Å²) in [4.78, 5) is 22.5. The number of carbonyl (C=O) groups excluding carboxylic acids is 1. The highest BCUT2D eigenvalue weighted by Gasteiger charge is 2.14. The van der Waals surface area contributed by atoms with E-state index in [4.69, 9.17) is 9.84 Å². The van der Waals surface area contributed by atoms with E-state index in [0.29, 0.717) is 5.56 Å². The molecule has 1 atom stereocenters. The number of ether oxygens (including phenoxy) is 1. The Morgan fingerprint density at radius 3 is 2.17 bits per heavy atom. The summed E-state index contributed by atoms with van der Waals surface area (Å²) in [5.41, 5.74) is 0.543. The molecule has 98 valence electrons. The molecule has 4 heteroatoms. The summed E-state index contributed by atoms with van der Waals surface area (Å²) in [6, 6.07) is 5.76. The highest BCUT2D eigenvalue weighted by molar-refractivity contribution is 5.92. The zero-order valence-corrected chi connectivity index (χ0v) is 10.7. The first-order valence-electron chi connectivity index (χ1n) is 6.12. The van der Waals surface area contributed by atoms with Gasteiger partial charge in [-0.25, -0.2) is 9.59 Å². The molecule has 0 spiro atoms. The van der Waals surface area contributed by atoms with E-state index >= 15 is 0 Å². The van der Waals surface area contributed by atoms with E-state index in [2.05, 4.69) is 0 Å². The van der Waals surface area contributed by atoms with Crippen molar-refractivity contribution in [2.75, 3.05) is 0 Å². The van der Waals surface area contributed by atoms with Crippen LogP contribution in [-0.4, -0.2) is 23.1 Å². The van der Waals surface area contributed by atoms with Gasteiger partial charge in [0.2, 0.25) is 0 Å². The van der Waals surface area contributed by atoms with Crippen LogP contribution in [0.25, 0.3) is 0 Å². The predicted molar refractivity (Wildman–Crippen MR) is 67.8 cm³/mol. The van der Waals surface area contributed by atoms with Gasteiger partial charge in [-0.3, -0.25) is 0 Å². The molecule has 18 heavy (non-hydrogen) atoms. The molecular formula is C14H18O4. The van der Waals surface area contributed by atoms with Crippen LogP contribution in [0.1, 0.15) is 53.8 Å². The summed E-state index contributed by atoms with van der Waals surface area (Å²) in [7, 11) is 0. The summed E-state index contributed by atoms with van der Waals surface area (Å²) in [5, 5.41) is 8.75. The van der Waals surface area contributed by atoms with Crippen LogP contribution < -0.4 is 0 Å². The second-order valence-electron chi connectivity index (χ2n) is 4.11. The maximum absolute atomic E-state index is 11.8. The van der Waals surface area contributed by atoms with Crippen LogP contribution in [0.4, 0.5) is 0 Å². The van der Waals surface area contributed by atoms with Crippen molar-refractivity contribution < 1.29 is 19.4 Å². The van der Waals surface area contributed by atoms with Crippen LogP contribution in [0.3, 0.4) is 0 Å². The van der Waals surface area contributed by atoms with Crippen molar-refractivity contribution in [1.82, 2.24) is 0 Å². The van der Waals surface area contributed by atoms with Gasteiger partial charge in [0.25, 0.3) is 0 Å². The lowest BCUT2D eigenvalue weighted by Gasteiger charge is -2.15. The number of benzene rings is 1. The first-order valence-corrected chi connectivity index (χ1v) is 6.12. The van der Waals surface area contributed by atoms with Crippen molar-refractivity contribution >= 4 is 11.9 Å². The zero-order chi connectivity index (χ0) is 13.5. The topological polar surface area (TPSA) is 63.6 Å². The van der Waals surface area contributed by atoms with Gasteiger partial charge in [0, 0.05) is 0 Å². The Balaban J connectivity index is 2.69. The minimum absolute atomic E-state index is 0.0679. The van der Waals surface area contributed by atoms with Gasteiger partial charge in [-0.2, -0.15) is 0 Å². The SMILES string of the molecule is CCCC(CC)OC(=O)c1ccc(C(=O)O)cc1. The van der Waals surface area contributed by atoms with Crippen LogP contribution >= 0.6 is 0 Å². The fourth-order valence-corrected chi connectivity index (χ4v) is 1.64. The van der Waals surface area contributed by atoms with Gasteiger partial charge < -0.3 is 9.84 Å². The summed E-state index contributed by atoms with van der Waals surface area (Å²) in [6.07, 6.45) is 2.52. The number of esters is 1. The third-order valence-electron chi connectivity index (χ3n) is 2.71. The van der Waals surface area contributed by atoms with Gasteiger partial charge in [0.1, 0.15) is 6.10 Å². The number of carboxylic acid groups (broad SMARTS) is 1. The molecule has 0 aliphatic rings. The van der Waals surface area contributed by atoms with Crippen LogP contribution in [0.5, 0.6) is 0 Å². The second kappa shape index (κ2) is 6.79. The first-order chi connectivity index (χ1) is 8.58. The quantitative estimate of drug-likeness (QED) is 0.788. The van der Waals surface area contributed by atoms with Crippen LogP contribution in [0.15, 0.2) is 24.3 Å². The molecule has 1 rings (SSSR count). The Morgan fingerprint density at radius 2 is 1.72 bits per heavy atom. The second-order valence-corrected chi connectivity index (χ2v) is 4.11. The van der Waals surface area contributed by atoms with Gasteiger partial charge in [0.15, 0.2) is 0 Å². The normalized spacial score (nSPS) is 11.9. The minimum atomic E-state index is -1.01. The predicted octanol–water partition coefficient (Wildman–Crippen LogP) is 3.12. The zero-order valence-electron chi connectivity index (χ0n) is 10.7. The lowest BCUT2D eigenvalue weighted by Crippen LogP contribution is -2.17. The van der Waals surface area contributed by atoms with Gasteiger partial charge in [-0.15, -0.1) is 0 Å². The van der Waals surface area contributed by atoms with E-state index in [0.717, 1.165) is 19.3 Å². The number of aromatic carboxylic acids is 1. The summed E-state index contributed by atoms with van der Waals surface area (Å²) < 4.78 is 5.34. The lowest BCUT2D eigenvalue weighted by atomic mass is 10.1. The highest BCUT2D eigenvalue weighted by atomic mass is 16.5. The van der Waals surface area contributed by atoms with Crippen LogP contribution in [0.2, 0.25) is 0 Å². The molecule has 1 unspecified atom stereocenters. The summed E-state index contributed by atoms with van der Waals surface area (Å²) in [6.45, 7) is 4.01. The molecule has 4 nitrogen and oxygen atoms in total. The molecule has 0 aliphatic carbocycles. The molecule has 0 saturated heterocycles. The van der Waals surface area contributed by atoms with E-state index in [1.165, 1.54) is 24.3 Å². The standard InChI is InChI=1S/C14H18O4/c1-3-5-12(4-2)18-14(17)11-8-6-10(7-9-11)13(15)16/h6-9,12H,3-5H2,1-2H3,(H,15,16). The molecule has 0 saturated carbocycles. The van der Waals surface area contributed by atoms with E-state index in [-0.39, 0.29) is 11.7 Å². The molecule has 0 aromatic heterocycles. The average molecular weight is 250 g/mol. The van der Waals surface area contributed by atoms with E-state index in [9.17, 15) is 9.59 Å². The molecule has 1 aromatic carbocycles. The monoisotopic (exact) mass is 250 g/mol. The molecule has 0 amide bonds.